The number of nitrogens with one attached hydrogen (secondary N) is 1. The van der Waals surface area contributed by atoms with Crippen molar-refractivity contribution in [3.63, 3.8) is 0 Å². The van der Waals surface area contributed by atoms with Gasteiger partial charge in [-0.05, 0) is 24.6 Å². The maximum atomic E-state index is 13.5. The van der Waals surface area contributed by atoms with Gasteiger partial charge in [-0.1, -0.05) is 28.0 Å². The zero-order valence-electron chi connectivity index (χ0n) is 9.45. The number of anilines is 1. The summed E-state index contributed by atoms with van der Waals surface area (Å²) in [5.74, 6) is -0.203. The van der Waals surface area contributed by atoms with E-state index in [4.69, 9.17) is 10.9 Å². The molecule has 1 atom stereocenters. The van der Waals surface area contributed by atoms with Crippen LogP contribution in [-0.4, -0.2) is 17.1 Å². The van der Waals surface area contributed by atoms with E-state index in [1.165, 1.54) is 6.07 Å². The summed E-state index contributed by atoms with van der Waals surface area (Å²) in [7, 11) is 0. The fourth-order valence-electron chi connectivity index (χ4n) is 1.42. The van der Waals surface area contributed by atoms with Crippen molar-refractivity contribution in [1.82, 2.24) is 0 Å². The zero-order chi connectivity index (χ0) is 12.8. The van der Waals surface area contributed by atoms with Gasteiger partial charge in [0.2, 0.25) is 0 Å². The van der Waals surface area contributed by atoms with Gasteiger partial charge in [-0.3, -0.25) is 0 Å². The van der Waals surface area contributed by atoms with Crippen molar-refractivity contribution in [2.45, 2.75) is 25.8 Å². The van der Waals surface area contributed by atoms with E-state index in [-0.39, 0.29) is 17.7 Å². The van der Waals surface area contributed by atoms with E-state index in [0.29, 0.717) is 12.1 Å². The molecule has 0 saturated heterocycles. The van der Waals surface area contributed by atoms with Gasteiger partial charge in [0.15, 0.2) is 0 Å². The third-order valence-corrected chi connectivity index (χ3v) is 2.86. The monoisotopic (exact) mass is 303 g/mol. The fourth-order valence-corrected chi connectivity index (χ4v) is 1.78. The summed E-state index contributed by atoms with van der Waals surface area (Å²) in [6, 6.07) is 4.59. The lowest BCUT2D eigenvalue weighted by molar-refractivity contribution is 0.316. The molecule has 0 spiro atoms. The molecule has 17 heavy (non-hydrogen) atoms. The number of hydrogen-bond acceptors (Lipinski definition) is 3. The van der Waals surface area contributed by atoms with E-state index in [1.54, 1.807) is 12.1 Å². The molecule has 4 N–H and O–H groups in total. The van der Waals surface area contributed by atoms with E-state index < -0.39 is 0 Å². The first-order valence-electron chi connectivity index (χ1n) is 5.24. The van der Waals surface area contributed by atoms with Crippen molar-refractivity contribution in [1.29, 1.82) is 0 Å². The van der Waals surface area contributed by atoms with Gasteiger partial charge in [-0.2, -0.15) is 0 Å². The van der Waals surface area contributed by atoms with Crippen LogP contribution < -0.4 is 11.1 Å². The Morgan fingerprint density at radius 3 is 2.94 bits per heavy atom. The minimum absolute atomic E-state index is 0.0744. The van der Waals surface area contributed by atoms with Crippen molar-refractivity contribution in [2.75, 3.05) is 5.32 Å². The smallest absolute Gasteiger partial charge is 0.146 e. The number of oxime groups is 1. The van der Waals surface area contributed by atoms with Gasteiger partial charge in [0.05, 0.1) is 5.69 Å². The minimum Gasteiger partial charge on any atom is -0.409 e. The molecule has 6 heteroatoms. The summed E-state index contributed by atoms with van der Waals surface area (Å²) < 4.78 is 14.3. The lowest BCUT2D eigenvalue weighted by Crippen LogP contribution is -2.26. The number of nitrogens with zero attached hydrogens (tertiary/aromatic N) is 1. The highest BCUT2D eigenvalue weighted by molar-refractivity contribution is 9.10. The largest absolute Gasteiger partial charge is 0.409 e. The molecule has 0 amide bonds. The Kier molecular flexibility index (Phi) is 5.21. The maximum absolute atomic E-state index is 13.5. The summed E-state index contributed by atoms with van der Waals surface area (Å²) in [6.07, 6.45) is 1.10. The number of rotatable bonds is 5. The van der Waals surface area contributed by atoms with Gasteiger partial charge >= 0.3 is 0 Å². The Balaban J connectivity index is 2.76. The summed E-state index contributed by atoms with van der Waals surface area (Å²) in [5, 5.41) is 14.4. The Morgan fingerprint density at radius 1 is 1.65 bits per heavy atom. The molecule has 0 aliphatic heterocycles. The quantitative estimate of drug-likeness (QED) is 0.339. The van der Waals surface area contributed by atoms with E-state index >= 15 is 0 Å². The average molecular weight is 304 g/mol. The lowest BCUT2D eigenvalue weighted by atomic mass is 10.1. The summed E-state index contributed by atoms with van der Waals surface area (Å²) in [4.78, 5) is 0. The third kappa shape index (κ3) is 4.22. The molecule has 0 bridgehead atoms. The minimum atomic E-state index is -0.328. The fraction of sp³-hybridized carbons (Fsp3) is 0.364. The van der Waals surface area contributed by atoms with Gasteiger partial charge in [-0.15, -0.1) is 0 Å². The second-order valence-corrected chi connectivity index (χ2v) is 4.58. The molecule has 4 nitrogen and oxygen atoms in total. The van der Waals surface area contributed by atoms with E-state index in [0.717, 1.165) is 10.9 Å². The molecule has 94 valence electrons. The predicted octanol–water partition coefficient (Wildman–Crippen LogP) is 2.92. The van der Waals surface area contributed by atoms with Gasteiger partial charge in [0.1, 0.15) is 11.7 Å². The molecule has 1 unspecified atom stereocenters. The Labute approximate surface area is 108 Å². The molecule has 1 aromatic rings. The number of benzene rings is 1. The topological polar surface area (TPSA) is 70.6 Å². The van der Waals surface area contributed by atoms with Crippen LogP contribution in [0.1, 0.15) is 19.8 Å². The van der Waals surface area contributed by atoms with E-state index in [9.17, 15) is 4.39 Å². The number of nitrogens with two attached hydrogens (primary N) is 1. The van der Waals surface area contributed by atoms with Crippen LogP contribution >= 0.6 is 15.9 Å². The van der Waals surface area contributed by atoms with Crippen LogP contribution in [0.15, 0.2) is 27.8 Å². The van der Waals surface area contributed by atoms with Crippen LogP contribution in [0.3, 0.4) is 0 Å². The van der Waals surface area contributed by atoms with Crippen LogP contribution in [0.25, 0.3) is 0 Å². The Bertz CT molecular complexity index is 412. The molecule has 1 rings (SSSR count). The molecular formula is C11H15BrFN3O. The van der Waals surface area contributed by atoms with Crippen molar-refractivity contribution in [3.8, 4) is 0 Å². The number of hydrogen-bond donors (Lipinski definition) is 3. The van der Waals surface area contributed by atoms with E-state index in [2.05, 4.69) is 26.4 Å². The maximum Gasteiger partial charge on any atom is 0.146 e. The van der Waals surface area contributed by atoms with Crippen LogP contribution in [0.4, 0.5) is 10.1 Å². The van der Waals surface area contributed by atoms with E-state index in [1.807, 2.05) is 6.92 Å². The molecule has 0 aliphatic rings. The first-order chi connectivity index (χ1) is 8.06. The third-order valence-electron chi connectivity index (χ3n) is 2.36. The van der Waals surface area contributed by atoms with Gasteiger partial charge in [-0.25, -0.2) is 4.39 Å². The highest BCUT2D eigenvalue weighted by Crippen LogP contribution is 2.21. The zero-order valence-corrected chi connectivity index (χ0v) is 11.0. The molecule has 0 aliphatic carbocycles. The second-order valence-electron chi connectivity index (χ2n) is 3.67. The summed E-state index contributed by atoms with van der Waals surface area (Å²) in [5.41, 5.74) is 5.83. The first kappa shape index (κ1) is 13.8. The Morgan fingerprint density at radius 2 is 2.35 bits per heavy atom. The standard InChI is InChI=1S/C11H15BrFN3O/c1-2-8(6-11(14)16-17)15-10-5-7(12)3-4-9(10)13/h3-5,8,15,17H,2,6H2,1H3,(H2,14,16). The normalized spacial score (nSPS) is 13.5. The molecular weight excluding hydrogens is 289 g/mol. The van der Waals surface area contributed by atoms with Crippen LogP contribution in [0.2, 0.25) is 0 Å². The van der Waals surface area contributed by atoms with Crippen LogP contribution in [-0.2, 0) is 0 Å². The van der Waals surface area contributed by atoms with Crippen molar-refractivity contribution >= 4 is 27.5 Å². The predicted molar refractivity (Wildman–Crippen MR) is 69.8 cm³/mol. The molecule has 0 radical (unpaired) electrons. The second kappa shape index (κ2) is 6.44. The molecule has 0 fully saturated rings. The number of amidine groups is 1. The molecule has 1 aromatic carbocycles. The SMILES string of the molecule is CCC(CC(N)=NO)Nc1cc(Br)ccc1F. The van der Waals surface area contributed by atoms with Crippen molar-refractivity contribution in [2.24, 2.45) is 10.9 Å². The van der Waals surface area contributed by atoms with Gasteiger partial charge in [0.25, 0.3) is 0 Å². The lowest BCUT2D eigenvalue weighted by Gasteiger charge is -2.18. The van der Waals surface area contributed by atoms with Gasteiger partial charge in [0, 0.05) is 16.9 Å². The summed E-state index contributed by atoms with van der Waals surface area (Å²) in [6.45, 7) is 1.94. The molecule has 0 saturated carbocycles. The summed E-state index contributed by atoms with van der Waals surface area (Å²) >= 11 is 3.28. The van der Waals surface area contributed by atoms with Crippen molar-refractivity contribution < 1.29 is 9.60 Å². The van der Waals surface area contributed by atoms with Gasteiger partial charge < -0.3 is 16.3 Å². The van der Waals surface area contributed by atoms with Crippen LogP contribution in [0, 0.1) is 5.82 Å². The highest BCUT2D eigenvalue weighted by Gasteiger charge is 2.11. The molecule has 0 aromatic heterocycles. The van der Waals surface area contributed by atoms with Crippen molar-refractivity contribution in [3.05, 3.63) is 28.5 Å². The average Bonchev–Trinajstić information content (AvgIpc) is 2.32. The van der Waals surface area contributed by atoms with Crippen LogP contribution in [0.5, 0.6) is 0 Å². The first-order valence-corrected chi connectivity index (χ1v) is 6.04. The molecule has 0 heterocycles. The Hall–Kier alpha value is -1.30. The number of halogens is 2. The highest BCUT2D eigenvalue weighted by atomic mass is 79.9.